The highest BCUT2D eigenvalue weighted by Crippen LogP contribution is 2.22. The van der Waals surface area contributed by atoms with E-state index in [0.29, 0.717) is 0 Å². The van der Waals surface area contributed by atoms with Crippen LogP contribution < -0.4 is 5.32 Å². The molecule has 3 heteroatoms. The topological polar surface area (TPSA) is 36.8 Å². The number of nitrogens with zero attached hydrogens (tertiary/aromatic N) is 2. The maximum Gasteiger partial charge on any atom is 0.147 e. The minimum Gasteiger partial charge on any atom is -0.338 e. The van der Waals surface area contributed by atoms with Gasteiger partial charge in [-0.25, -0.2) is 9.98 Å². The van der Waals surface area contributed by atoms with Crippen molar-refractivity contribution in [2.24, 2.45) is 15.4 Å². The molecule has 0 unspecified atom stereocenters. The Hall–Kier alpha value is -0.860. The summed E-state index contributed by atoms with van der Waals surface area (Å²) >= 11 is 0. The monoisotopic (exact) mass is 139 g/mol. The highest BCUT2D eigenvalue weighted by atomic mass is 15.1. The summed E-state index contributed by atoms with van der Waals surface area (Å²) in [6.45, 7) is 6.37. The van der Waals surface area contributed by atoms with E-state index in [2.05, 4.69) is 36.1 Å². The Morgan fingerprint density at radius 3 is 2.00 bits per heavy atom. The Morgan fingerprint density at radius 1 is 1.20 bits per heavy atom. The van der Waals surface area contributed by atoms with Crippen molar-refractivity contribution in [1.82, 2.24) is 5.32 Å². The molecular weight excluding hydrogens is 126 g/mol. The van der Waals surface area contributed by atoms with Gasteiger partial charge in [0.05, 0.1) is 12.7 Å². The quantitative estimate of drug-likeness (QED) is 0.534. The third-order valence-electron chi connectivity index (χ3n) is 1.36. The lowest BCUT2D eigenvalue weighted by Gasteiger charge is -2.24. The lowest BCUT2D eigenvalue weighted by atomic mass is 9.93. The normalized spacial score (nSPS) is 19.1. The Bertz CT molecular complexity index is 152. The molecule has 0 aromatic heterocycles. The average Bonchev–Trinajstić information content (AvgIpc) is 1.88. The second-order valence-electron chi connectivity index (χ2n) is 3.46. The molecule has 0 aromatic carbocycles. The van der Waals surface area contributed by atoms with Gasteiger partial charge in [0.15, 0.2) is 0 Å². The summed E-state index contributed by atoms with van der Waals surface area (Å²) in [5.74, 6) is 0. The van der Waals surface area contributed by atoms with Crippen LogP contribution in [0.5, 0.6) is 0 Å². The summed E-state index contributed by atoms with van der Waals surface area (Å²) in [4.78, 5) is 8.33. The molecule has 0 fully saturated rings. The highest BCUT2D eigenvalue weighted by molar-refractivity contribution is 5.76. The molecule has 1 N–H and O–H groups in total. The first-order valence-corrected chi connectivity index (χ1v) is 3.40. The number of hydrogen-bond acceptors (Lipinski definition) is 3. The molecule has 0 saturated carbocycles. The molecule has 1 aliphatic heterocycles. The van der Waals surface area contributed by atoms with Gasteiger partial charge in [-0.05, 0) is 0 Å². The average molecular weight is 139 g/mol. The predicted molar refractivity (Wildman–Crippen MR) is 43.4 cm³/mol. The van der Waals surface area contributed by atoms with E-state index in [1.807, 2.05) is 0 Å². The van der Waals surface area contributed by atoms with Crippen molar-refractivity contribution >= 4 is 12.7 Å². The second kappa shape index (κ2) is 2.40. The van der Waals surface area contributed by atoms with Gasteiger partial charge in [-0.15, -0.1) is 0 Å². The summed E-state index contributed by atoms with van der Waals surface area (Å²) in [5, 5.41) is 2.80. The summed E-state index contributed by atoms with van der Waals surface area (Å²) < 4.78 is 0. The third-order valence-corrected chi connectivity index (χ3v) is 1.36. The SMILES string of the molecule is CC(C)(C)C1N=CNC=N1. The fourth-order valence-electron chi connectivity index (χ4n) is 0.746. The van der Waals surface area contributed by atoms with E-state index in [4.69, 9.17) is 0 Å². The maximum atomic E-state index is 4.17. The van der Waals surface area contributed by atoms with E-state index in [1.54, 1.807) is 12.7 Å². The van der Waals surface area contributed by atoms with Gasteiger partial charge in [-0.2, -0.15) is 0 Å². The first kappa shape index (κ1) is 7.25. The van der Waals surface area contributed by atoms with E-state index >= 15 is 0 Å². The molecule has 56 valence electrons. The third kappa shape index (κ3) is 1.56. The molecule has 10 heavy (non-hydrogen) atoms. The van der Waals surface area contributed by atoms with Crippen LogP contribution in [0.2, 0.25) is 0 Å². The van der Waals surface area contributed by atoms with Crippen LogP contribution in [0.3, 0.4) is 0 Å². The van der Waals surface area contributed by atoms with Crippen LogP contribution in [-0.4, -0.2) is 18.8 Å². The number of hydrogen-bond donors (Lipinski definition) is 1. The van der Waals surface area contributed by atoms with Crippen molar-refractivity contribution < 1.29 is 0 Å². The molecule has 1 rings (SSSR count). The van der Waals surface area contributed by atoms with Crippen LogP contribution in [0.1, 0.15) is 20.8 Å². The molecule has 0 atom stereocenters. The van der Waals surface area contributed by atoms with Crippen LogP contribution in [-0.2, 0) is 0 Å². The van der Waals surface area contributed by atoms with Crippen LogP contribution in [0, 0.1) is 5.41 Å². The van der Waals surface area contributed by atoms with Crippen molar-refractivity contribution in [2.75, 3.05) is 0 Å². The van der Waals surface area contributed by atoms with E-state index in [1.165, 1.54) is 0 Å². The Balaban J connectivity index is 2.64. The molecule has 1 aliphatic rings. The van der Waals surface area contributed by atoms with Crippen molar-refractivity contribution in [2.45, 2.75) is 26.9 Å². The van der Waals surface area contributed by atoms with Gasteiger partial charge in [-0.1, -0.05) is 20.8 Å². The molecule has 1 heterocycles. The standard InChI is InChI=1S/C7H13N3/c1-7(2,3)6-9-4-8-5-10-6/h4-6H,1-3H3,(H,8,9,10). The molecule has 0 spiro atoms. The van der Waals surface area contributed by atoms with Crippen molar-refractivity contribution in [1.29, 1.82) is 0 Å². The minimum absolute atomic E-state index is 0.0775. The van der Waals surface area contributed by atoms with E-state index in [0.717, 1.165) is 0 Å². The van der Waals surface area contributed by atoms with Crippen molar-refractivity contribution in [3.8, 4) is 0 Å². The van der Waals surface area contributed by atoms with Crippen LogP contribution in [0.25, 0.3) is 0 Å². The van der Waals surface area contributed by atoms with Gasteiger partial charge in [-0.3, -0.25) is 0 Å². The van der Waals surface area contributed by atoms with Crippen molar-refractivity contribution in [3.05, 3.63) is 0 Å². The van der Waals surface area contributed by atoms with Crippen LogP contribution in [0.4, 0.5) is 0 Å². The second-order valence-corrected chi connectivity index (χ2v) is 3.46. The number of nitrogens with one attached hydrogen (secondary N) is 1. The van der Waals surface area contributed by atoms with Gasteiger partial charge >= 0.3 is 0 Å². The van der Waals surface area contributed by atoms with E-state index < -0.39 is 0 Å². The number of rotatable bonds is 0. The zero-order valence-corrected chi connectivity index (χ0v) is 6.63. The van der Waals surface area contributed by atoms with E-state index in [-0.39, 0.29) is 11.6 Å². The molecule has 3 nitrogen and oxygen atoms in total. The van der Waals surface area contributed by atoms with Gasteiger partial charge in [0.1, 0.15) is 6.17 Å². The molecule has 0 aromatic rings. The van der Waals surface area contributed by atoms with Crippen LogP contribution >= 0.6 is 0 Å². The first-order chi connectivity index (χ1) is 4.61. The molecular formula is C7H13N3. The zero-order chi connectivity index (χ0) is 7.61. The summed E-state index contributed by atoms with van der Waals surface area (Å²) in [6.07, 6.45) is 3.44. The lowest BCUT2D eigenvalue weighted by molar-refractivity contribution is 0.330. The molecule has 0 bridgehead atoms. The zero-order valence-electron chi connectivity index (χ0n) is 6.63. The van der Waals surface area contributed by atoms with Gasteiger partial charge in [0.25, 0.3) is 0 Å². The summed E-state index contributed by atoms with van der Waals surface area (Å²) in [5.41, 5.74) is 0.134. The van der Waals surface area contributed by atoms with Gasteiger partial charge in [0.2, 0.25) is 0 Å². The molecule has 0 amide bonds. The molecule has 0 aliphatic carbocycles. The largest absolute Gasteiger partial charge is 0.338 e. The predicted octanol–water partition coefficient (Wildman–Crippen LogP) is 1.02. The lowest BCUT2D eigenvalue weighted by Crippen LogP contribution is -2.28. The van der Waals surface area contributed by atoms with E-state index in [9.17, 15) is 0 Å². The van der Waals surface area contributed by atoms with Gasteiger partial charge in [0, 0.05) is 5.41 Å². The van der Waals surface area contributed by atoms with Crippen LogP contribution in [0.15, 0.2) is 9.98 Å². The fourth-order valence-corrected chi connectivity index (χ4v) is 0.746. The Morgan fingerprint density at radius 2 is 1.70 bits per heavy atom. The molecule has 0 radical (unpaired) electrons. The summed E-state index contributed by atoms with van der Waals surface area (Å²) in [6, 6.07) is 0. The Kier molecular flexibility index (Phi) is 1.74. The smallest absolute Gasteiger partial charge is 0.147 e. The molecule has 0 saturated heterocycles. The van der Waals surface area contributed by atoms with Crippen molar-refractivity contribution in [3.63, 3.8) is 0 Å². The number of aliphatic imine (C=N–C) groups is 2. The first-order valence-electron chi connectivity index (χ1n) is 3.40. The highest BCUT2D eigenvalue weighted by Gasteiger charge is 2.22. The minimum atomic E-state index is 0.0775. The maximum absolute atomic E-state index is 4.17. The van der Waals surface area contributed by atoms with Gasteiger partial charge < -0.3 is 5.32 Å². The summed E-state index contributed by atoms with van der Waals surface area (Å²) in [7, 11) is 0. The fraction of sp³-hybridized carbons (Fsp3) is 0.714. The Labute approximate surface area is 61.3 Å².